The van der Waals surface area contributed by atoms with Gasteiger partial charge in [-0.25, -0.2) is 4.68 Å². The topological polar surface area (TPSA) is 67.6 Å². The first-order chi connectivity index (χ1) is 7.61. The molecule has 0 aliphatic carbocycles. The summed E-state index contributed by atoms with van der Waals surface area (Å²) in [6.07, 6.45) is 0. The Morgan fingerprint density at radius 3 is 2.56 bits per heavy atom. The number of aromatic nitrogens is 2. The molecule has 0 atom stereocenters. The van der Waals surface area contributed by atoms with E-state index in [1.807, 2.05) is 36.7 Å². The van der Waals surface area contributed by atoms with Crippen molar-refractivity contribution in [3.8, 4) is 11.8 Å². The van der Waals surface area contributed by atoms with Gasteiger partial charge in [0.2, 0.25) is 0 Å². The number of hydrogen-bond donors (Lipinski definition) is 1. The molecule has 1 aromatic heterocycles. The lowest BCUT2D eigenvalue weighted by Gasteiger charge is -2.05. The Labute approximate surface area is 93.9 Å². The highest BCUT2D eigenvalue weighted by atomic mass is 15.3. The molecule has 0 saturated heterocycles. The Hall–Kier alpha value is -2.28. The van der Waals surface area contributed by atoms with Crippen molar-refractivity contribution in [1.82, 2.24) is 9.78 Å². The highest BCUT2D eigenvalue weighted by molar-refractivity contribution is 5.59. The monoisotopic (exact) mass is 212 g/mol. The van der Waals surface area contributed by atoms with Gasteiger partial charge in [-0.15, -0.1) is 0 Å². The predicted octanol–water partition coefficient (Wildman–Crippen LogP) is 1.94. The normalized spacial score (nSPS) is 10.1. The smallest absolute Gasteiger partial charge is 0.101 e. The predicted molar refractivity (Wildman–Crippen MR) is 62.2 cm³/mol. The molecule has 16 heavy (non-hydrogen) atoms. The summed E-state index contributed by atoms with van der Waals surface area (Å²) in [6.45, 7) is 3.92. The molecule has 0 amide bonds. The molecule has 0 fully saturated rings. The zero-order valence-corrected chi connectivity index (χ0v) is 9.23. The van der Waals surface area contributed by atoms with Crippen molar-refractivity contribution in [2.75, 3.05) is 5.73 Å². The number of nitriles is 1. The molecule has 0 saturated carbocycles. The minimum Gasteiger partial charge on any atom is -0.398 e. The molecule has 0 spiro atoms. The Balaban J connectivity index is 2.54. The largest absolute Gasteiger partial charge is 0.398 e. The molecule has 1 aromatic carbocycles. The third-order valence-corrected chi connectivity index (χ3v) is 2.41. The van der Waals surface area contributed by atoms with Crippen molar-refractivity contribution in [1.29, 1.82) is 5.26 Å². The molecule has 0 radical (unpaired) electrons. The van der Waals surface area contributed by atoms with E-state index < -0.39 is 0 Å². The second-order valence-electron chi connectivity index (χ2n) is 3.72. The van der Waals surface area contributed by atoms with Crippen LogP contribution in [0.2, 0.25) is 0 Å². The molecule has 0 unspecified atom stereocenters. The second-order valence-corrected chi connectivity index (χ2v) is 3.72. The maximum Gasteiger partial charge on any atom is 0.101 e. The highest BCUT2D eigenvalue weighted by Crippen LogP contribution is 2.18. The molecule has 4 heteroatoms. The van der Waals surface area contributed by atoms with Crippen LogP contribution in [0.25, 0.3) is 5.69 Å². The zero-order chi connectivity index (χ0) is 11.7. The van der Waals surface area contributed by atoms with Crippen LogP contribution in [0.5, 0.6) is 0 Å². The minimum atomic E-state index is 0.479. The van der Waals surface area contributed by atoms with Crippen molar-refractivity contribution >= 4 is 5.69 Å². The maximum absolute atomic E-state index is 8.79. The number of hydrogen-bond acceptors (Lipinski definition) is 3. The van der Waals surface area contributed by atoms with Gasteiger partial charge in [-0.3, -0.25) is 0 Å². The molecule has 2 N–H and O–H groups in total. The van der Waals surface area contributed by atoms with Crippen LogP contribution in [-0.2, 0) is 0 Å². The standard InChI is InChI=1S/C12H12N4/c1-8-5-9(2)16(15-8)11-4-3-10(7-13)12(14)6-11/h3-6H,14H2,1-2H3. The third kappa shape index (κ3) is 1.63. The van der Waals surface area contributed by atoms with Gasteiger partial charge in [0.25, 0.3) is 0 Å². The lowest BCUT2D eigenvalue weighted by Crippen LogP contribution is -2.01. The van der Waals surface area contributed by atoms with Crippen LogP contribution in [0, 0.1) is 25.2 Å². The van der Waals surface area contributed by atoms with E-state index in [9.17, 15) is 0 Å². The average molecular weight is 212 g/mol. The lowest BCUT2D eigenvalue weighted by atomic mass is 10.2. The molecule has 4 nitrogen and oxygen atoms in total. The van der Waals surface area contributed by atoms with Crippen LogP contribution in [-0.4, -0.2) is 9.78 Å². The molecule has 1 heterocycles. The molecule has 80 valence electrons. The maximum atomic E-state index is 8.79. The van der Waals surface area contributed by atoms with Crippen LogP contribution in [0.4, 0.5) is 5.69 Å². The Bertz CT molecular complexity index is 575. The summed E-state index contributed by atoms with van der Waals surface area (Å²) in [7, 11) is 0. The first-order valence-corrected chi connectivity index (χ1v) is 4.95. The second kappa shape index (κ2) is 3.70. The van der Waals surface area contributed by atoms with Gasteiger partial charge in [0, 0.05) is 5.69 Å². The number of aryl methyl sites for hydroxylation is 2. The molecule has 2 aromatic rings. The fourth-order valence-electron chi connectivity index (χ4n) is 1.67. The van der Waals surface area contributed by atoms with Crippen LogP contribution >= 0.6 is 0 Å². The summed E-state index contributed by atoms with van der Waals surface area (Å²) < 4.78 is 1.81. The first-order valence-electron chi connectivity index (χ1n) is 4.95. The van der Waals surface area contributed by atoms with Gasteiger partial charge in [0.15, 0.2) is 0 Å². The van der Waals surface area contributed by atoms with E-state index in [0.29, 0.717) is 11.3 Å². The third-order valence-electron chi connectivity index (χ3n) is 2.41. The summed E-state index contributed by atoms with van der Waals surface area (Å²) in [5.41, 5.74) is 9.61. The van der Waals surface area contributed by atoms with E-state index in [2.05, 4.69) is 5.10 Å². The minimum absolute atomic E-state index is 0.479. The fourth-order valence-corrected chi connectivity index (χ4v) is 1.67. The van der Waals surface area contributed by atoms with E-state index in [0.717, 1.165) is 17.1 Å². The first kappa shape index (κ1) is 10.2. The Morgan fingerprint density at radius 2 is 2.06 bits per heavy atom. The lowest BCUT2D eigenvalue weighted by molar-refractivity contribution is 0.834. The number of anilines is 1. The summed E-state index contributed by atoms with van der Waals surface area (Å²) in [5.74, 6) is 0. The van der Waals surface area contributed by atoms with Crippen molar-refractivity contribution in [3.05, 3.63) is 41.2 Å². The molecular formula is C12H12N4. The van der Waals surface area contributed by atoms with E-state index in [4.69, 9.17) is 11.0 Å². The Kier molecular flexibility index (Phi) is 2.37. The summed E-state index contributed by atoms with van der Waals surface area (Å²) in [5, 5.41) is 13.1. The van der Waals surface area contributed by atoms with Crippen LogP contribution in [0.15, 0.2) is 24.3 Å². The average Bonchev–Trinajstić information content (AvgIpc) is 2.58. The molecule has 0 aliphatic rings. The zero-order valence-electron chi connectivity index (χ0n) is 9.23. The van der Waals surface area contributed by atoms with Gasteiger partial charge in [-0.2, -0.15) is 10.4 Å². The summed E-state index contributed by atoms with van der Waals surface area (Å²) in [6, 6.07) is 9.35. The highest BCUT2D eigenvalue weighted by Gasteiger charge is 2.05. The van der Waals surface area contributed by atoms with E-state index >= 15 is 0 Å². The Morgan fingerprint density at radius 1 is 1.31 bits per heavy atom. The molecule has 0 bridgehead atoms. The van der Waals surface area contributed by atoms with E-state index in [1.165, 1.54) is 0 Å². The molecular weight excluding hydrogens is 200 g/mol. The summed E-state index contributed by atoms with van der Waals surface area (Å²) in [4.78, 5) is 0. The fraction of sp³-hybridized carbons (Fsp3) is 0.167. The quantitative estimate of drug-likeness (QED) is 0.734. The van der Waals surface area contributed by atoms with E-state index in [1.54, 1.807) is 12.1 Å². The van der Waals surface area contributed by atoms with Gasteiger partial charge in [0.05, 0.1) is 22.6 Å². The van der Waals surface area contributed by atoms with Gasteiger partial charge < -0.3 is 5.73 Å². The molecule has 0 aliphatic heterocycles. The van der Waals surface area contributed by atoms with Crippen molar-refractivity contribution in [2.24, 2.45) is 0 Å². The number of nitrogens with two attached hydrogens (primary N) is 1. The SMILES string of the molecule is Cc1cc(C)n(-c2ccc(C#N)c(N)c2)n1. The van der Waals surface area contributed by atoms with Crippen molar-refractivity contribution < 1.29 is 0 Å². The number of benzene rings is 1. The van der Waals surface area contributed by atoms with Crippen molar-refractivity contribution in [3.63, 3.8) is 0 Å². The van der Waals surface area contributed by atoms with Gasteiger partial charge in [0.1, 0.15) is 6.07 Å². The van der Waals surface area contributed by atoms with Crippen LogP contribution < -0.4 is 5.73 Å². The van der Waals surface area contributed by atoms with Gasteiger partial charge >= 0.3 is 0 Å². The number of nitrogens with zero attached hydrogens (tertiary/aromatic N) is 3. The number of rotatable bonds is 1. The summed E-state index contributed by atoms with van der Waals surface area (Å²) >= 11 is 0. The number of nitrogen functional groups attached to an aromatic ring is 1. The van der Waals surface area contributed by atoms with Gasteiger partial charge in [-0.1, -0.05) is 0 Å². The van der Waals surface area contributed by atoms with Crippen molar-refractivity contribution in [2.45, 2.75) is 13.8 Å². The van der Waals surface area contributed by atoms with Crippen LogP contribution in [0.1, 0.15) is 17.0 Å². The van der Waals surface area contributed by atoms with Gasteiger partial charge in [-0.05, 0) is 38.1 Å². The van der Waals surface area contributed by atoms with E-state index in [-0.39, 0.29) is 0 Å². The molecule has 2 rings (SSSR count). The van der Waals surface area contributed by atoms with Crippen LogP contribution in [0.3, 0.4) is 0 Å².